The van der Waals surface area contributed by atoms with Gasteiger partial charge in [-0.3, -0.25) is 14.6 Å². The van der Waals surface area contributed by atoms with E-state index >= 15 is 0 Å². The quantitative estimate of drug-likeness (QED) is 0.606. The molecule has 0 spiro atoms. The van der Waals surface area contributed by atoms with Crippen molar-refractivity contribution in [1.82, 2.24) is 10.3 Å². The Bertz CT molecular complexity index is 900. The van der Waals surface area contributed by atoms with Crippen molar-refractivity contribution < 1.29 is 14.1 Å². The van der Waals surface area contributed by atoms with E-state index in [9.17, 15) is 10.1 Å². The van der Waals surface area contributed by atoms with Crippen LogP contribution in [0.25, 0.3) is 0 Å². The number of carbonyl (C=O) groups is 1. The highest BCUT2D eigenvalue weighted by atomic mass is 32.2. The third-order valence-electron chi connectivity index (χ3n) is 5.07. The SMILES string of the molecule is N#Cc1cc2c(nc1SCC(=O)Nc1c[n+](N3CCCCC3)no1)CCCC2. The Hall–Kier alpha value is -2.60. The maximum atomic E-state index is 12.3. The molecule has 0 unspecified atom stereocenters. The fourth-order valence-corrected chi connectivity index (χ4v) is 4.40. The number of aryl methyl sites for hydroxylation is 2. The Kier molecular flexibility index (Phi) is 5.76. The predicted molar refractivity (Wildman–Crippen MR) is 103 cm³/mol. The van der Waals surface area contributed by atoms with E-state index in [2.05, 4.69) is 26.7 Å². The third kappa shape index (κ3) is 4.28. The molecular weight excluding hydrogens is 376 g/mol. The van der Waals surface area contributed by atoms with Crippen LogP contribution in [-0.2, 0) is 17.6 Å². The summed E-state index contributed by atoms with van der Waals surface area (Å²) in [6.45, 7) is 1.86. The van der Waals surface area contributed by atoms with Gasteiger partial charge in [-0.05, 0) is 56.6 Å². The lowest BCUT2D eigenvalue weighted by molar-refractivity contribution is -0.759. The lowest BCUT2D eigenvalue weighted by Crippen LogP contribution is -2.60. The summed E-state index contributed by atoms with van der Waals surface area (Å²) in [5.74, 6) is 0.260. The summed E-state index contributed by atoms with van der Waals surface area (Å²) in [6, 6.07) is 4.14. The van der Waals surface area contributed by atoms with Gasteiger partial charge in [0.05, 0.1) is 29.2 Å². The molecule has 0 bridgehead atoms. The third-order valence-corrected chi connectivity index (χ3v) is 6.06. The zero-order valence-corrected chi connectivity index (χ0v) is 16.5. The van der Waals surface area contributed by atoms with Crippen LogP contribution in [0.3, 0.4) is 0 Å². The molecule has 0 aromatic carbocycles. The zero-order valence-electron chi connectivity index (χ0n) is 15.7. The summed E-state index contributed by atoms with van der Waals surface area (Å²) in [4.78, 5) is 18.6. The number of fused-ring (bicyclic) bond motifs is 1. The Morgan fingerprint density at radius 2 is 2.11 bits per heavy atom. The number of nitrogens with zero attached hydrogens (tertiary/aromatic N) is 5. The van der Waals surface area contributed by atoms with Crippen LogP contribution in [0.2, 0.25) is 0 Å². The Balaban J connectivity index is 1.36. The average molecular weight is 400 g/mol. The van der Waals surface area contributed by atoms with E-state index in [1.165, 1.54) is 23.7 Å². The van der Waals surface area contributed by atoms with Crippen molar-refractivity contribution in [2.24, 2.45) is 0 Å². The second-order valence-corrected chi connectivity index (χ2v) is 8.07. The van der Waals surface area contributed by atoms with Crippen LogP contribution >= 0.6 is 11.8 Å². The first-order valence-corrected chi connectivity index (χ1v) is 10.7. The zero-order chi connectivity index (χ0) is 19.3. The fourth-order valence-electron chi connectivity index (χ4n) is 3.62. The van der Waals surface area contributed by atoms with Gasteiger partial charge in [-0.2, -0.15) is 10.3 Å². The topological polar surface area (TPSA) is 98.9 Å². The molecule has 1 amide bonds. The van der Waals surface area contributed by atoms with E-state index < -0.39 is 0 Å². The molecule has 4 rings (SSSR count). The van der Waals surface area contributed by atoms with Gasteiger partial charge in [0.25, 0.3) is 6.20 Å². The number of carbonyl (C=O) groups excluding carboxylic acids is 1. The maximum Gasteiger partial charge on any atom is 0.305 e. The molecule has 8 nitrogen and oxygen atoms in total. The maximum absolute atomic E-state index is 12.3. The number of hydrogen-bond donors (Lipinski definition) is 1. The van der Waals surface area contributed by atoms with E-state index in [4.69, 9.17) is 4.52 Å². The molecule has 0 saturated carbocycles. The predicted octanol–water partition coefficient (Wildman–Crippen LogP) is 1.96. The molecule has 2 aromatic heterocycles. The highest BCUT2D eigenvalue weighted by molar-refractivity contribution is 8.00. The molecule has 3 heterocycles. The number of amides is 1. The second-order valence-electron chi connectivity index (χ2n) is 7.10. The number of nitrogens with one attached hydrogen (secondary N) is 1. The summed E-state index contributed by atoms with van der Waals surface area (Å²) in [5.41, 5.74) is 2.77. The Morgan fingerprint density at radius 1 is 1.29 bits per heavy atom. The minimum atomic E-state index is -0.213. The number of nitriles is 1. The van der Waals surface area contributed by atoms with Crippen molar-refractivity contribution in [2.45, 2.75) is 50.0 Å². The van der Waals surface area contributed by atoms with Crippen molar-refractivity contribution in [3.8, 4) is 6.07 Å². The first-order valence-electron chi connectivity index (χ1n) is 9.72. The Labute approximate surface area is 167 Å². The van der Waals surface area contributed by atoms with Gasteiger partial charge in [-0.1, -0.05) is 11.8 Å². The fraction of sp³-hybridized carbons (Fsp3) is 0.526. The van der Waals surface area contributed by atoms with Gasteiger partial charge in [0.2, 0.25) is 11.2 Å². The summed E-state index contributed by atoms with van der Waals surface area (Å²) in [7, 11) is 0. The van der Waals surface area contributed by atoms with Crippen LogP contribution in [0.1, 0.15) is 48.9 Å². The standard InChI is InChI=1S/C19H22N6O2S/c20-11-15-10-14-6-2-3-7-16(14)21-19(15)28-13-17(26)22-18-12-25(23-27-18)24-8-4-1-5-9-24/h10,12H,1-9,13H2/p+1. The van der Waals surface area contributed by atoms with Crippen molar-refractivity contribution in [3.63, 3.8) is 0 Å². The number of hydrogen-bond acceptors (Lipinski definition) is 7. The smallest absolute Gasteiger partial charge is 0.288 e. The van der Waals surface area contributed by atoms with Crippen LogP contribution in [-0.4, -0.2) is 35.0 Å². The van der Waals surface area contributed by atoms with Crippen molar-refractivity contribution in [2.75, 3.05) is 29.2 Å². The van der Waals surface area contributed by atoms with Gasteiger partial charge in [0.15, 0.2) is 0 Å². The largest absolute Gasteiger partial charge is 0.305 e. The molecule has 1 fully saturated rings. The van der Waals surface area contributed by atoms with Crippen LogP contribution in [0.4, 0.5) is 5.88 Å². The first-order chi connectivity index (χ1) is 13.7. The number of piperidine rings is 1. The first kappa shape index (κ1) is 18.7. The molecule has 28 heavy (non-hydrogen) atoms. The number of thioether (sulfide) groups is 1. The van der Waals surface area contributed by atoms with Gasteiger partial charge in [0.1, 0.15) is 11.1 Å². The summed E-state index contributed by atoms with van der Waals surface area (Å²) in [5, 5.41) is 18.8. The van der Waals surface area contributed by atoms with Crippen LogP contribution in [0.15, 0.2) is 21.8 Å². The van der Waals surface area contributed by atoms with Gasteiger partial charge < -0.3 is 0 Å². The molecule has 2 aliphatic rings. The van der Waals surface area contributed by atoms with E-state index in [0.29, 0.717) is 16.5 Å². The normalized spacial score (nSPS) is 16.3. The highest BCUT2D eigenvalue weighted by Gasteiger charge is 2.23. The van der Waals surface area contributed by atoms with E-state index in [1.807, 2.05) is 6.07 Å². The van der Waals surface area contributed by atoms with Crippen LogP contribution in [0.5, 0.6) is 0 Å². The highest BCUT2D eigenvalue weighted by Crippen LogP contribution is 2.27. The van der Waals surface area contributed by atoms with Crippen molar-refractivity contribution in [1.29, 1.82) is 5.26 Å². The molecular formula is C19H23N6O2S+. The van der Waals surface area contributed by atoms with Gasteiger partial charge in [-0.15, -0.1) is 0 Å². The molecule has 0 atom stereocenters. The molecule has 1 aliphatic heterocycles. The monoisotopic (exact) mass is 399 g/mol. The number of aromatic nitrogens is 3. The molecule has 2 aromatic rings. The van der Waals surface area contributed by atoms with Crippen molar-refractivity contribution >= 4 is 23.6 Å². The number of pyridine rings is 1. The summed E-state index contributed by atoms with van der Waals surface area (Å²) >= 11 is 1.28. The van der Waals surface area contributed by atoms with Gasteiger partial charge >= 0.3 is 5.88 Å². The summed E-state index contributed by atoms with van der Waals surface area (Å²) in [6.07, 6.45) is 9.37. The molecule has 1 N–H and O–H groups in total. The number of rotatable bonds is 5. The molecule has 1 aliphatic carbocycles. The lowest BCUT2D eigenvalue weighted by Gasteiger charge is -2.17. The van der Waals surface area contributed by atoms with Crippen LogP contribution < -0.4 is 15.1 Å². The second kappa shape index (κ2) is 8.61. The minimum absolute atomic E-state index is 0.158. The molecule has 0 radical (unpaired) electrons. The van der Waals surface area contributed by atoms with Gasteiger partial charge in [0, 0.05) is 5.69 Å². The molecule has 146 valence electrons. The van der Waals surface area contributed by atoms with E-state index in [-0.39, 0.29) is 11.7 Å². The lowest BCUT2D eigenvalue weighted by atomic mass is 9.95. The Morgan fingerprint density at radius 3 is 2.93 bits per heavy atom. The molecule has 9 heteroatoms. The van der Waals surface area contributed by atoms with Gasteiger partial charge in [-0.25, -0.2) is 4.98 Å². The minimum Gasteiger partial charge on any atom is -0.288 e. The molecule has 1 saturated heterocycles. The van der Waals surface area contributed by atoms with E-state index in [0.717, 1.165) is 57.3 Å². The van der Waals surface area contributed by atoms with Crippen molar-refractivity contribution in [3.05, 3.63) is 29.1 Å². The number of anilines is 1. The van der Waals surface area contributed by atoms with E-state index in [1.54, 1.807) is 11.0 Å². The average Bonchev–Trinajstić information content (AvgIpc) is 3.20. The summed E-state index contributed by atoms with van der Waals surface area (Å²) < 4.78 is 5.22. The van der Waals surface area contributed by atoms with Crippen LogP contribution in [0, 0.1) is 11.3 Å².